The Kier molecular flexibility index (Phi) is 6.30. The van der Waals surface area contributed by atoms with Crippen LogP contribution in [0.1, 0.15) is 42.5 Å². The van der Waals surface area contributed by atoms with E-state index >= 15 is 0 Å². The van der Waals surface area contributed by atoms with Crippen LogP contribution in [0.25, 0.3) is 0 Å². The summed E-state index contributed by atoms with van der Waals surface area (Å²) in [7, 11) is 1.88. The third kappa shape index (κ3) is 4.07. The Morgan fingerprint density at radius 2 is 2.06 bits per heavy atom. The van der Waals surface area contributed by atoms with Crippen molar-refractivity contribution in [3.8, 4) is 0 Å². The summed E-state index contributed by atoms with van der Waals surface area (Å²) >= 11 is 0. The molecule has 0 amide bonds. The van der Waals surface area contributed by atoms with Crippen molar-refractivity contribution < 1.29 is 9.13 Å². The van der Waals surface area contributed by atoms with Gasteiger partial charge in [-0.2, -0.15) is 0 Å². The van der Waals surface area contributed by atoms with Crippen molar-refractivity contribution in [3.63, 3.8) is 0 Å². The lowest BCUT2D eigenvalue weighted by Gasteiger charge is -2.20. The van der Waals surface area contributed by atoms with E-state index in [0.29, 0.717) is 0 Å². The molecule has 0 heterocycles. The van der Waals surface area contributed by atoms with Crippen LogP contribution >= 0.6 is 0 Å². The van der Waals surface area contributed by atoms with Gasteiger partial charge in [-0.15, -0.1) is 0 Å². The molecule has 0 aromatic heterocycles. The molecule has 0 fully saturated rings. The molecule has 18 heavy (non-hydrogen) atoms. The Bertz CT molecular complexity index is 356. The quantitative estimate of drug-likeness (QED) is 0.751. The molecular formula is C15H24FNO. The van der Waals surface area contributed by atoms with Gasteiger partial charge in [0, 0.05) is 24.8 Å². The second-order valence-electron chi connectivity index (χ2n) is 4.66. The average Bonchev–Trinajstić information content (AvgIpc) is 2.31. The van der Waals surface area contributed by atoms with Crippen LogP contribution in [0.2, 0.25) is 0 Å². The molecule has 1 N–H and O–H groups in total. The van der Waals surface area contributed by atoms with Gasteiger partial charge in [0.05, 0.1) is 0 Å². The van der Waals surface area contributed by atoms with Crippen molar-refractivity contribution in [1.29, 1.82) is 0 Å². The predicted octanol–water partition coefficient (Wildman–Crippen LogP) is 3.52. The van der Waals surface area contributed by atoms with Gasteiger partial charge in [-0.25, -0.2) is 4.39 Å². The third-order valence-corrected chi connectivity index (χ3v) is 3.16. The number of benzene rings is 1. The maximum Gasteiger partial charge on any atom is 0.128 e. The summed E-state index contributed by atoms with van der Waals surface area (Å²) in [5.41, 5.74) is 2.78. The highest BCUT2D eigenvalue weighted by Crippen LogP contribution is 2.26. The van der Waals surface area contributed by atoms with Crippen LogP contribution < -0.4 is 5.32 Å². The van der Waals surface area contributed by atoms with Gasteiger partial charge in [-0.1, -0.05) is 6.07 Å². The van der Waals surface area contributed by atoms with Crippen molar-refractivity contribution in [2.24, 2.45) is 0 Å². The average molecular weight is 253 g/mol. The van der Waals surface area contributed by atoms with Crippen LogP contribution in [0.15, 0.2) is 12.1 Å². The molecule has 0 radical (unpaired) electrons. The zero-order valence-corrected chi connectivity index (χ0v) is 11.8. The fourth-order valence-corrected chi connectivity index (χ4v) is 2.34. The Morgan fingerprint density at radius 3 is 2.61 bits per heavy atom. The van der Waals surface area contributed by atoms with Crippen molar-refractivity contribution in [3.05, 3.63) is 34.6 Å². The van der Waals surface area contributed by atoms with E-state index in [4.69, 9.17) is 4.74 Å². The second-order valence-corrected chi connectivity index (χ2v) is 4.66. The van der Waals surface area contributed by atoms with E-state index in [1.54, 1.807) is 6.07 Å². The molecule has 1 atom stereocenters. The first kappa shape index (κ1) is 15.1. The van der Waals surface area contributed by atoms with Gasteiger partial charge in [-0.05, 0) is 57.9 Å². The summed E-state index contributed by atoms with van der Waals surface area (Å²) in [6, 6.07) is 3.70. The molecule has 0 bridgehead atoms. The predicted molar refractivity (Wildman–Crippen MR) is 73.4 cm³/mol. The van der Waals surface area contributed by atoms with Gasteiger partial charge < -0.3 is 10.1 Å². The lowest BCUT2D eigenvalue weighted by molar-refractivity contribution is 0.141. The Morgan fingerprint density at radius 1 is 1.33 bits per heavy atom. The number of ether oxygens (including phenoxy) is 1. The zero-order valence-electron chi connectivity index (χ0n) is 11.8. The van der Waals surface area contributed by atoms with Crippen LogP contribution in [0.4, 0.5) is 4.39 Å². The SMILES string of the molecule is CCOCCCC(NC)c1c(C)cc(C)cc1F. The van der Waals surface area contributed by atoms with E-state index in [0.717, 1.165) is 42.7 Å². The Hall–Kier alpha value is -0.930. The number of nitrogens with one attached hydrogen (secondary N) is 1. The molecule has 0 aliphatic carbocycles. The highest BCUT2D eigenvalue weighted by atomic mass is 19.1. The van der Waals surface area contributed by atoms with E-state index in [2.05, 4.69) is 5.32 Å². The van der Waals surface area contributed by atoms with Crippen molar-refractivity contribution in [2.75, 3.05) is 20.3 Å². The molecule has 2 nitrogen and oxygen atoms in total. The van der Waals surface area contributed by atoms with E-state index < -0.39 is 0 Å². The molecular weight excluding hydrogens is 229 g/mol. The first-order chi connectivity index (χ1) is 8.60. The summed E-state index contributed by atoms with van der Waals surface area (Å²) in [4.78, 5) is 0. The molecule has 102 valence electrons. The van der Waals surface area contributed by atoms with E-state index in [9.17, 15) is 4.39 Å². The summed E-state index contributed by atoms with van der Waals surface area (Å²) in [6.45, 7) is 7.35. The summed E-state index contributed by atoms with van der Waals surface area (Å²) in [6.07, 6.45) is 1.82. The molecule has 1 aromatic carbocycles. The molecule has 0 saturated heterocycles. The van der Waals surface area contributed by atoms with Crippen LogP contribution in [-0.2, 0) is 4.74 Å². The summed E-state index contributed by atoms with van der Waals surface area (Å²) in [5.74, 6) is -0.108. The molecule has 0 aliphatic rings. The number of halogens is 1. The maximum atomic E-state index is 14.1. The Labute approximate surface area is 110 Å². The van der Waals surface area contributed by atoms with E-state index in [1.807, 2.05) is 33.9 Å². The minimum Gasteiger partial charge on any atom is -0.382 e. The van der Waals surface area contributed by atoms with Crippen LogP contribution in [0, 0.1) is 19.7 Å². The molecule has 1 rings (SSSR count). The molecule has 0 spiro atoms. The number of rotatable bonds is 7. The van der Waals surface area contributed by atoms with E-state index in [1.165, 1.54) is 0 Å². The monoisotopic (exact) mass is 253 g/mol. The molecule has 0 aliphatic heterocycles. The second kappa shape index (κ2) is 7.49. The van der Waals surface area contributed by atoms with Gasteiger partial charge >= 0.3 is 0 Å². The fraction of sp³-hybridized carbons (Fsp3) is 0.600. The molecule has 1 unspecified atom stereocenters. The van der Waals surface area contributed by atoms with Crippen LogP contribution in [0.3, 0.4) is 0 Å². The van der Waals surface area contributed by atoms with Crippen LogP contribution in [0.5, 0.6) is 0 Å². The van der Waals surface area contributed by atoms with E-state index in [-0.39, 0.29) is 11.9 Å². The lowest BCUT2D eigenvalue weighted by Crippen LogP contribution is -2.19. The minimum absolute atomic E-state index is 0.0612. The highest BCUT2D eigenvalue weighted by molar-refractivity contribution is 5.34. The fourth-order valence-electron chi connectivity index (χ4n) is 2.34. The van der Waals surface area contributed by atoms with Crippen molar-refractivity contribution >= 4 is 0 Å². The highest BCUT2D eigenvalue weighted by Gasteiger charge is 2.16. The molecule has 1 aromatic rings. The Balaban J connectivity index is 2.75. The van der Waals surface area contributed by atoms with Gasteiger partial charge in [0.1, 0.15) is 5.82 Å². The smallest absolute Gasteiger partial charge is 0.128 e. The largest absolute Gasteiger partial charge is 0.382 e. The van der Waals surface area contributed by atoms with Gasteiger partial charge in [0.15, 0.2) is 0 Å². The van der Waals surface area contributed by atoms with Gasteiger partial charge in [0.2, 0.25) is 0 Å². The number of hydrogen-bond acceptors (Lipinski definition) is 2. The first-order valence-electron chi connectivity index (χ1n) is 6.61. The number of hydrogen-bond donors (Lipinski definition) is 1. The van der Waals surface area contributed by atoms with Gasteiger partial charge in [0.25, 0.3) is 0 Å². The van der Waals surface area contributed by atoms with Crippen LogP contribution in [-0.4, -0.2) is 20.3 Å². The standard InChI is InChI=1S/C15H24FNO/c1-5-18-8-6-7-14(17-4)15-12(3)9-11(2)10-13(15)16/h9-10,14,17H,5-8H2,1-4H3. The normalized spacial score (nSPS) is 12.7. The van der Waals surface area contributed by atoms with Crippen molar-refractivity contribution in [2.45, 2.75) is 39.7 Å². The lowest BCUT2D eigenvalue weighted by atomic mass is 9.95. The maximum absolute atomic E-state index is 14.1. The molecule has 0 saturated carbocycles. The number of aryl methyl sites for hydroxylation is 2. The summed E-state index contributed by atoms with van der Waals surface area (Å²) < 4.78 is 19.4. The van der Waals surface area contributed by atoms with Gasteiger partial charge in [-0.3, -0.25) is 0 Å². The molecule has 3 heteroatoms. The minimum atomic E-state index is -0.108. The summed E-state index contributed by atoms with van der Waals surface area (Å²) in [5, 5.41) is 3.20. The zero-order chi connectivity index (χ0) is 13.5. The topological polar surface area (TPSA) is 21.3 Å². The third-order valence-electron chi connectivity index (χ3n) is 3.16. The first-order valence-corrected chi connectivity index (χ1v) is 6.61. The van der Waals surface area contributed by atoms with Crippen molar-refractivity contribution in [1.82, 2.24) is 5.32 Å².